The Hall–Kier alpha value is -3.13. The van der Waals surface area contributed by atoms with Crippen LogP contribution in [0.15, 0.2) is 48.5 Å². The molecule has 2 aromatic rings. The number of rotatable bonds is 6. The van der Waals surface area contributed by atoms with E-state index in [9.17, 15) is 9.59 Å². The van der Waals surface area contributed by atoms with E-state index in [1.807, 2.05) is 19.9 Å². The average molecular weight is 337 g/mol. The average Bonchev–Trinajstić information content (AvgIpc) is 2.62. The van der Waals surface area contributed by atoms with Gasteiger partial charge in [0.15, 0.2) is 0 Å². The summed E-state index contributed by atoms with van der Waals surface area (Å²) in [6.07, 6.45) is 1.43. The topological polar surface area (TPSA) is 76.4 Å². The fourth-order valence-corrected chi connectivity index (χ4v) is 2.31. The third-order valence-corrected chi connectivity index (χ3v) is 3.56. The molecule has 2 aromatic carbocycles. The smallest absolute Gasteiger partial charge is 0.344 e. The van der Waals surface area contributed by atoms with Gasteiger partial charge in [0.05, 0.1) is 28.9 Å². The molecule has 0 radical (unpaired) electrons. The standard InChI is InChI=1S/C20H19NO4/c1-3-6-14(2)24-19(22)17-7-4-5-8-18(17)20(23)25-16-11-9-15(13-21)10-12-16/h4-5,7-12,14H,3,6H2,1-2H3. The Morgan fingerprint density at radius 3 is 2.20 bits per heavy atom. The Balaban J connectivity index is 2.16. The van der Waals surface area contributed by atoms with Crippen LogP contribution in [0.2, 0.25) is 0 Å². The van der Waals surface area contributed by atoms with E-state index in [2.05, 4.69) is 0 Å². The molecule has 0 bridgehead atoms. The van der Waals surface area contributed by atoms with Gasteiger partial charge in [0.25, 0.3) is 0 Å². The van der Waals surface area contributed by atoms with Gasteiger partial charge in [-0.05, 0) is 49.7 Å². The van der Waals surface area contributed by atoms with Gasteiger partial charge < -0.3 is 9.47 Å². The molecule has 5 nitrogen and oxygen atoms in total. The summed E-state index contributed by atoms with van der Waals surface area (Å²) in [5.41, 5.74) is 0.776. The molecule has 0 fully saturated rings. The van der Waals surface area contributed by atoms with E-state index in [1.165, 1.54) is 24.3 Å². The van der Waals surface area contributed by atoms with Crippen LogP contribution in [0.5, 0.6) is 5.75 Å². The first-order valence-electron chi connectivity index (χ1n) is 8.07. The highest BCUT2D eigenvalue weighted by Crippen LogP contribution is 2.17. The van der Waals surface area contributed by atoms with E-state index in [4.69, 9.17) is 14.7 Å². The highest BCUT2D eigenvalue weighted by molar-refractivity contribution is 6.03. The lowest BCUT2D eigenvalue weighted by Gasteiger charge is -2.14. The molecule has 0 aromatic heterocycles. The second-order valence-corrected chi connectivity index (χ2v) is 5.58. The first-order valence-corrected chi connectivity index (χ1v) is 8.07. The molecule has 128 valence electrons. The summed E-state index contributed by atoms with van der Waals surface area (Å²) in [4.78, 5) is 24.7. The molecule has 0 aliphatic carbocycles. The number of esters is 2. The van der Waals surface area contributed by atoms with Crippen LogP contribution in [-0.4, -0.2) is 18.0 Å². The zero-order valence-electron chi connectivity index (χ0n) is 14.2. The number of benzene rings is 2. The fraction of sp³-hybridized carbons (Fsp3) is 0.250. The molecule has 0 heterocycles. The van der Waals surface area contributed by atoms with Crippen LogP contribution >= 0.6 is 0 Å². The van der Waals surface area contributed by atoms with Crippen molar-refractivity contribution < 1.29 is 19.1 Å². The van der Waals surface area contributed by atoms with Crippen LogP contribution in [0.3, 0.4) is 0 Å². The third kappa shape index (κ3) is 4.92. The molecule has 0 aliphatic rings. The van der Waals surface area contributed by atoms with Gasteiger partial charge in [-0.1, -0.05) is 25.5 Å². The predicted molar refractivity (Wildman–Crippen MR) is 92.3 cm³/mol. The zero-order valence-corrected chi connectivity index (χ0v) is 14.2. The second kappa shape index (κ2) is 8.65. The molecule has 1 unspecified atom stereocenters. The van der Waals surface area contributed by atoms with E-state index in [1.54, 1.807) is 24.3 Å². The third-order valence-electron chi connectivity index (χ3n) is 3.56. The minimum Gasteiger partial charge on any atom is -0.459 e. The normalized spacial score (nSPS) is 11.2. The summed E-state index contributed by atoms with van der Waals surface area (Å²) in [6.45, 7) is 3.83. The zero-order chi connectivity index (χ0) is 18.2. The molecule has 0 aliphatic heterocycles. The van der Waals surface area contributed by atoms with Gasteiger partial charge in [0.1, 0.15) is 5.75 Å². The summed E-state index contributed by atoms with van der Waals surface area (Å²) in [5.74, 6) is -0.903. The maximum absolute atomic E-state index is 12.4. The summed E-state index contributed by atoms with van der Waals surface area (Å²) in [6, 6.07) is 14.5. The Morgan fingerprint density at radius 1 is 1.04 bits per heavy atom. The van der Waals surface area contributed by atoms with Crippen molar-refractivity contribution in [2.45, 2.75) is 32.8 Å². The number of hydrogen-bond donors (Lipinski definition) is 0. The lowest BCUT2D eigenvalue weighted by Crippen LogP contribution is -2.19. The van der Waals surface area contributed by atoms with Crippen molar-refractivity contribution in [3.05, 3.63) is 65.2 Å². The molecule has 0 amide bonds. The summed E-state index contributed by atoms with van der Waals surface area (Å²) < 4.78 is 10.7. The first-order chi connectivity index (χ1) is 12.0. The molecule has 0 N–H and O–H groups in total. The largest absolute Gasteiger partial charge is 0.459 e. The minimum atomic E-state index is -0.652. The van der Waals surface area contributed by atoms with Crippen LogP contribution < -0.4 is 4.74 Å². The van der Waals surface area contributed by atoms with E-state index in [-0.39, 0.29) is 17.2 Å². The Kier molecular flexibility index (Phi) is 6.30. The number of hydrogen-bond acceptors (Lipinski definition) is 5. The van der Waals surface area contributed by atoms with Crippen molar-refractivity contribution in [3.63, 3.8) is 0 Å². The van der Waals surface area contributed by atoms with Gasteiger partial charge in [-0.3, -0.25) is 0 Å². The monoisotopic (exact) mass is 337 g/mol. The molecular formula is C20H19NO4. The predicted octanol–water partition coefficient (Wildman–Crippen LogP) is 4.12. The fourth-order valence-electron chi connectivity index (χ4n) is 2.31. The van der Waals surface area contributed by atoms with E-state index < -0.39 is 11.9 Å². The van der Waals surface area contributed by atoms with Gasteiger partial charge in [-0.2, -0.15) is 5.26 Å². The van der Waals surface area contributed by atoms with Crippen molar-refractivity contribution in [2.24, 2.45) is 0 Å². The second-order valence-electron chi connectivity index (χ2n) is 5.58. The van der Waals surface area contributed by atoms with Crippen LogP contribution in [-0.2, 0) is 4.74 Å². The minimum absolute atomic E-state index is 0.139. The van der Waals surface area contributed by atoms with Gasteiger partial charge >= 0.3 is 11.9 Å². The quantitative estimate of drug-likeness (QED) is 0.585. The number of carbonyl (C=O) groups excluding carboxylic acids is 2. The summed E-state index contributed by atoms with van der Waals surface area (Å²) >= 11 is 0. The molecular weight excluding hydrogens is 318 g/mol. The van der Waals surface area contributed by atoms with E-state index in [0.717, 1.165) is 12.8 Å². The molecule has 0 saturated heterocycles. The maximum Gasteiger partial charge on any atom is 0.344 e. The molecule has 25 heavy (non-hydrogen) atoms. The van der Waals surface area contributed by atoms with Gasteiger partial charge in [0.2, 0.25) is 0 Å². The first kappa shape index (κ1) is 18.2. The summed E-state index contributed by atoms with van der Waals surface area (Å²) in [5, 5.41) is 8.79. The maximum atomic E-state index is 12.4. The number of carbonyl (C=O) groups is 2. The van der Waals surface area contributed by atoms with E-state index >= 15 is 0 Å². The number of nitrogens with zero attached hydrogens (tertiary/aromatic N) is 1. The molecule has 5 heteroatoms. The van der Waals surface area contributed by atoms with Crippen molar-refractivity contribution in [1.82, 2.24) is 0 Å². The molecule has 0 spiro atoms. The SMILES string of the molecule is CCCC(C)OC(=O)c1ccccc1C(=O)Oc1ccc(C#N)cc1. The van der Waals surface area contributed by atoms with Crippen molar-refractivity contribution in [1.29, 1.82) is 5.26 Å². The van der Waals surface area contributed by atoms with Crippen LogP contribution in [0.4, 0.5) is 0 Å². The van der Waals surface area contributed by atoms with Crippen LogP contribution in [0.1, 0.15) is 53.0 Å². The van der Waals surface area contributed by atoms with Gasteiger partial charge in [0, 0.05) is 0 Å². The lowest BCUT2D eigenvalue weighted by atomic mass is 10.1. The van der Waals surface area contributed by atoms with Crippen molar-refractivity contribution in [3.8, 4) is 11.8 Å². The number of ether oxygens (including phenoxy) is 2. The van der Waals surface area contributed by atoms with Crippen LogP contribution in [0.25, 0.3) is 0 Å². The number of nitriles is 1. The van der Waals surface area contributed by atoms with Crippen LogP contribution in [0, 0.1) is 11.3 Å². The molecule has 0 saturated carbocycles. The lowest BCUT2D eigenvalue weighted by molar-refractivity contribution is 0.0318. The molecule has 2 rings (SSSR count). The Labute approximate surface area is 146 Å². The highest BCUT2D eigenvalue weighted by atomic mass is 16.5. The van der Waals surface area contributed by atoms with E-state index in [0.29, 0.717) is 11.3 Å². The summed E-state index contributed by atoms with van der Waals surface area (Å²) in [7, 11) is 0. The van der Waals surface area contributed by atoms with Crippen molar-refractivity contribution in [2.75, 3.05) is 0 Å². The van der Waals surface area contributed by atoms with Crippen molar-refractivity contribution >= 4 is 11.9 Å². The van der Waals surface area contributed by atoms with Gasteiger partial charge in [-0.25, -0.2) is 9.59 Å². The Bertz CT molecular complexity index is 790. The highest BCUT2D eigenvalue weighted by Gasteiger charge is 2.21. The molecule has 1 atom stereocenters. The Morgan fingerprint density at radius 2 is 1.64 bits per heavy atom. The van der Waals surface area contributed by atoms with Gasteiger partial charge in [-0.15, -0.1) is 0 Å².